The van der Waals surface area contributed by atoms with Crippen LogP contribution in [0.3, 0.4) is 0 Å². The van der Waals surface area contributed by atoms with Gasteiger partial charge in [-0.3, -0.25) is 4.79 Å². The maximum atomic E-state index is 10.8. The van der Waals surface area contributed by atoms with Gasteiger partial charge in [0.25, 0.3) is 0 Å². The summed E-state index contributed by atoms with van der Waals surface area (Å²) in [5, 5.41) is 0. The van der Waals surface area contributed by atoms with E-state index >= 15 is 0 Å². The van der Waals surface area contributed by atoms with E-state index in [1.807, 2.05) is 6.92 Å². The quantitative estimate of drug-likeness (QED) is 0.522. The van der Waals surface area contributed by atoms with Crippen molar-refractivity contribution in [3.8, 4) is 0 Å². The molecule has 0 spiro atoms. The molecule has 0 radical (unpaired) electrons. The van der Waals surface area contributed by atoms with E-state index in [2.05, 4.69) is 4.74 Å². The lowest BCUT2D eigenvalue weighted by atomic mass is 10.1. The fourth-order valence-electron chi connectivity index (χ4n) is 0.975. The van der Waals surface area contributed by atoms with E-state index in [4.69, 9.17) is 0 Å². The molecule has 1 atom stereocenters. The summed E-state index contributed by atoms with van der Waals surface area (Å²) in [6.07, 6.45) is 2.41. The zero-order chi connectivity index (χ0) is 6.85. The van der Waals surface area contributed by atoms with Gasteiger partial charge >= 0.3 is 5.97 Å². The number of methoxy groups -OCH3 is 1. The number of ether oxygens (including phenoxy) is 1. The predicted molar refractivity (Wildman–Crippen MR) is 33.9 cm³/mol. The Morgan fingerprint density at radius 1 is 1.67 bits per heavy atom. The summed E-state index contributed by atoms with van der Waals surface area (Å²) in [7, 11) is 1.45. The second-order valence-electron chi connectivity index (χ2n) is 2.65. The highest BCUT2D eigenvalue weighted by atomic mass is 16.5. The molecule has 1 aliphatic rings. The second-order valence-corrected chi connectivity index (χ2v) is 2.65. The Bertz CT molecular complexity index is 116. The van der Waals surface area contributed by atoms with Gasteiger partial charge < -0.3 is 4.74 Å². The van der Waals surface area contributed by atoms with Crippen molar-refractivity contribution in [1.82, 2.24) is 0 Å². The van der Waals surface area contributed by atoms with E-state index in [0.29, 0.717) is 5.92 Å². The summed E-state index contributed by atoms with van der Waals surface area (Å²) in [4.78, 5) is 10.8. The zero-order valence-corrected chi connectivity index (χ0v) is 5.89. The Hall–Kier alpha value is -0.530. The highest BCUT2D eigenvalue weighted by Gasteiger charge is 2.32. The first kappa shape index (κ1) is 6.59. The molecule has 0 heterocycles. The number of carbonyl (C=O) groups is 1. The van der Waals surface area contributed by atoms with Gasteiger partial charge in [-0.2, -0.15) is 0 Å². The van der Waals surface area contributed by atoms with E-state index in [1.165, 1.54) is 20.0 Å². The molecule has 0 N–H and O–H groups in total. The van der Waals surface area contributed by atoms with Crippen LogP contribution in [0.4, 0.5) is 0 Å². The molecule has 0 aromatic rings. The topological polar surface area (TPSA) is 26.3 Å². The van der Waals surface area contributed by atoms with E-state index in [9.17, 15) is 4.79 Å². The standard InChI is InChI=1S/C7H12O2/c1-5(6-3-4-6)7(8)9-2/h5-6H,3-4H2,1-2H3/t5-/m0/s1. The van der Waals surface area contributed by atoms with E-state index in [1.54, 1.807) is 0 Å². The minimum atomic E-state index is -0.0579. The average Bonchev–Trinajstić information content (AvgIpc) is 2.66. The molecule has 0 unspecified atom stereocenters. The minimum absolute atomic E-state index is 0.0579. The largest absolute Gasteiger partial charge is 0.469 e. The first-order chi connectivity index (χ1) is 4.25. The van der Waals surface area contributed by atoms with Gasteiger partial charge in [-0.25, -0.2) is 0 Å². The van der Waals surface area contributed by atoms with Crippen LogP contribution in [0.2, 0.25) is 0 Å². The minimum Gasteiger partial charge on any atom is -0.469 e. The average molecular weight is 128 g/mol. The van der Waals surface area contributed by atoms with Gasteiger partial charge in [-0.1, -0.05) is 6.92 Å². The first-order valence-electron chi connectivity index (χ1n) is 3.33. The van der Waals surface area contributed by atoms with Crippen molar-refractivity contribution < 1.29 is 9.53 Å². The Morgan fingerprint density at radius 2 is 2.22 bits per heavy atom. The number of hydrogen-bond acceptors (Lipinski definition) is 2. The predicted octanol–water partition coefficient (Wildman–Crippen LogP) is 1.21. The Labute approximate surface area is 55.2 Å². The van der Waals surface area contributed by atoms with Crippen molar-refractivity contribution >= 4 is 5.97 Å². The van der Waals surface area contributed by atoms with Crippen molar-refractivity contribution in [2.24, 2.45) is 11.8 Å². The second kappa shape index (κ2) is 2.38. The summed E-state index contributed by atoms with van der Waals surface area (Å²) < 4.78 is 4.57. The molecular weight excluding hydrogens is 116 g/mol. The van der Waals surface area contributed by atoms with Crippen molar-refractivity contribution in [1.29, 1.82) is 0 Å². The lowest BCUT2D eigenvalue weighted by Crippen LogP contribution is -2.13. The third-order valence-electron chi connectivity index (χ3n) is 1.90. The number of carbonyl (C=O) groups excluding carboxylic acids is 1. The third kappa shape index (κ3) is 1.44. The van der Waals surface area contributed by atoms with Gasteiger partial charge in [0.15, 0.2) is 0 Å². The molecule has 0 aromatic carbocycles. The van der Waals surface area contributed by atoms with Gasteiger partial charge in [0.1, 0.15) is 0 Å². The molecule has 0 aliphatic heterocycles. The summed E-state index contributed by atoms with van der Waals surface area (Å²) in [6, 6.07) is 0. The van der Waals surface area contributed by atoms with E-state index in [0.717, 1.165) is 0 Å². The van der Waals surface area contributed by atoms with Crippen LogP contribution in [0.25, 0.3) is 0 Å². The monoisotopic (exact) mass is 128 g/mol. The smallest absolute Gasteiger partial charge is 0.308 e. The fraction of sp³-hybridized carbons (Fsp3) is 0.857. The Morgan fingerprint density at radius 3 is 2.56 bits per heavy atom. The number of rotatable bonds is 2. The van der Waals surface area contributed by atoms with Gasteiger partial charge in [-0.15, -0.1) is 0 Å². The molecule has 0 aromatic heterocycles. The van der Waals surface area contributed by atoms with Crippen LogP contribution in [-0.4, -0.2) is 13.1 Å². The summed E-state index contributed by atoms with van der Waals surface area (Å²) in [5.74, 6) is 0.699. The van der Waals surface area contributed by atoms with Crippen molar-refractivity contribution in [3.63, 3.8) is 0 Å². The highest BCUT2D eigenvalue weighted by Crippen LogP contribution is 2.36. The molecule has 1 saturated carbocycles. The number of hydrogen-bond donors (Lipinski definition) is 0. The van der Waals surface area contributed by atoms with Gasteiger partial charge in [0.05, 0.1) is 13.0 Å². The lowest BCUT2D eigenvalue weighted by molar-refractivity contribution is -0.145. The summed E-state index contributed by atoms with van der Waals surface area (Å²) in [6.45, 7) is 1.93. The first-order valence-corrected chi connectivity index (χ1v) is 3.33. The molecule has 2 nitrogen and oxygen atoms in total. The molecule has 1 rings (SSSR count). The summed E-state index contributed by atoms with van der Waals surface area (Å²) in [5.41, 5.74) is 0. The summed E-state index contributed by atoms with van der Waals surface area (Å²) >= 11 is 0. The zero-order valence-electron chi connectivity index (χ0n) is 5.89. The maximum absolute atomic E-state index is 10.8. The van der Waals surface area contributed by atoms with Crippen LogP contribution in [0.5, 0.6) is 0 Å². The van der Waals surface area contributed by atoms with Crippen LogP contribution >= 0.6 is 0 Å². The Balaban J connectivity index is 2.30. The van der Waals surface area contributed by atoms with Gasteiger partial charge in [0, 0.05) is 0 Å². The van der Waals surface area contributed by atoms with Crippen LogP contribution in [-0.2, 0) is 9.53 Å². The molecule has 0 bridgehead atoms. The molecule has 0 saturated heterocycles. The molecule has 1 aliphatic carbocycles. The lowest BCUT2D eigenvalue weighted by Gasteiger charge is -2.04. The molecule has 9 heavy (non-hydrogen) atoms. The molecule has 2 heteroatoms. The van der Waals surface area contributed by atoms with Crippen molar-refractivity contribution in [3.05, 3.63) is 0 Å². The normalized spacial score (nSPS) is 21.1. The van der Waals surface area contributed by atoms with Gasteiger partial charge in [0.2, 0.25) is 0 Å². The van der Waals surface area contributed by atoms with Crippen LogP contribution in [0.15, 0.2) is 0 Å². The molecule has 52 valence electrons. The molecule has 0 amide bonds. The van der Waals surface area contributed by atoms with E-state index in [-0.39, 0.29) is 11.9 Å². The van der Waals surface area contributed by atoms with Crippen LogP contribution in [0, 0.1) is 11.8 Å². The van der Waals surface area contributed by atoms with Crippen LogP contribution < -0.4 is 0 Å². The number of esters is 1. The fourth-order valence-corrected chi connectivity index (χ4v) is 0.975. The molecular formula is C7H12O2. The van der Waals surface area contributed by atoms with Crippen molar-refractivity contribution in [2.75, 3.05) is 7.11 Å². The van der Waals surface area contributed by atoms with Crippen LogP contribution in [0.1, 0.15) is 19.8 Å². The Kier molecular flexibility index (Phi) is 1.74. The maximum Gasteiger partial charge on any atom is 0.308 e. The third-order valence-corrected chi connectivity index (χ3v) is 1.90. The SMILES string of the molecule is COC(=O)[C@@H](C)C1CC1. The van der Waals surface area contributed by atoms with Crippen molar-refractivity contribution in [2.45, 2.75) is 19.8 Å². The molecule has 1 fully saturated rings. The van der Waals surface area contributed by atoms with Gasteiger partial charge in [-0.05, 0) is 18.8 Å². The van der Waals surface area contributed by atoms with E-state index < -0.39 is 0 Å². The highest BCUT2D eigenvalue weighted by molar-refractivity contribution is 5.72.